The highest BCUT2D eigenvalue weighted by Gasteiger charge is 2.27. The van der Waals surface area contributed by atoms with Crippen LogP contribution in [0.25, 0.3) is 0 Å². The summed E-state index contributed by atoms with van der Waals surface area (Å²) in [6.07, 6.45) is 1.15. The minimum atomic E-state index is -0.801. The van der Waals surface area contributed by atoms with Gasteiger partial charge in [0.2, 0.25) is 11.8 Å². The standard InChI is InChI=1S/C25H28N4O4/c26-18-20-7-9-21(10-8-20)24(31)28-22(17-19-5-2-1-3-6-19)25(32)29-13-4-15-33-16-12-27-23(30)11-14-29/h1-3,5-10,22H,4,11-17H2,(H,27,30)(H,28,31)/t22-/m0/s1. The average Bonchev–Trinajstić information content (AvgIpc) is 2.89. The molecule has 2 N–H and O–H groups in total. The Kier molecular flexibility index (Phi) is 8.98. The summed E-state index contributed by atoms with van der Waals surface area (Å²) in [4.78, 5) is 40.1. The van der Waals surface area contributed by atoms with Crippen LogP contribution in [0.4, 0.5) is 0 Å². The van der Waals surface area contributed by atoms with Crippen molar-refractivity contribution in [3.05, 3.63) is 71.3 Å². The molecule has 0 saturated carbocycles. The molecule has 1 aliphatic heterocycles. The first-order valence-electron chi connectivity index (χ1n) is 11.0. The number of ether oxygens (including phenoxy) is 1. The summed E-state index contributed by atoms with van der Waals surface area (Å²) in [5, 5.41) is 14.6. The van der Waals surface area contributed by atoms with Crippen molar-refractivity contribution in [1.29, 1.82) is 5.26 Å². The number of amides is 3. The van der Waals surface area contributed by atoms with Crippen molar-refractivity contribution in [1.82, 2.24) is 15.5 Å². The Morgan fingerprint density at radius 3 is 2.58 bits per heavy atom. The number of benzene rings is 2. The van der Waals surface area contributed by atoms with Crippen molar-refractivity contribution in [3.63, 3.8) is 0 Å². The molecule has 8 nitrogen and oxygen atoms in total. The van der Waals surface area contributed by atoms with E-state index in [0.717, 1.165) is 5.56 Å². The number of carbonyl (C=O) groups is 3. The third kappa shape index (κ3) is 7.44. The van der Waals surface area contributed by atoms with Gasteiger partial charge in [0.05, 0.1) is 18.2 Å². The van der Waals surface area contributed by atoms with Gasteiger partial charge in [-0.25, -0.2) is 0 Å². The first kappa shape index (κ1) is 24.0. The van der Waals surface area contributed by atoms with Gasteiger partial charge in [0.25, 0.3) is 5.91 Å². The Morgan fingerprint density at radius 2 is 1.85 bits per heavy atom. The molecule has 1 heterocycles. The van der Waals surface area contributed by atoms with Crippen LogP contribution in [-0.4, -0.2) is 61.5 Å². The second kappa shape index (κ2) is 12.4. The van der Waals surface area contributed by atoms with Gasteiger partial charge in [0.1, 0.15) is 6.04 Å². The van der Waals surface area contributed by atoms with Gasteiger partial charge in [-0.05, 0) is 36.2 Å². The summed E-state index contributed by atoms with van der Waals surface area (Å²) in [6.45, 7) is 2.08. The maximum atomic E-state index is 13.5. The van der Waals surface area contributed by atoms with Crippen molar-refractivity contribution >= 4 is 17.7 Å². The van der Waals surface area contributed by atoms with Gasteiger partial charge in [0, 0.05) is 44.6 Å². The first-order chi connectivity index (χ1) is 16.1. The van der Waals surface area contributed by atoms with Crippen molar-refractivity contribution in [2.75, 3.05) is 32.8 Å². The highest BCUT2D eigenvalue weighted by Crippen LogP contribution is 2.10. The molecule has 1 fully saturated rings. The molecule has 0 radical (unpaired) electrons. The normalized spacial score (nSPS) is 16.0. The van der Waals surface area contributed by atoms with E-state index in [1.54, 1.807) is 29.2 Å². The van der Waals surface area contributed by atoms with E-state index in [4.69, 9.17) is 10.00 Å². The fourth-order valence-electron chi connectivity index (χ4n) is 3.59. The van der Waals surface area contributed by atoms with Crippen molar-refractivity contribution in [2.24, 2.45) is 0 Å². The molecular formula is C25H28N4O4. The molecule has 0 unspecified atom stereocenters. The fraction of sp³-hybridized carbons (Fsp3) is 0.360. The number of nitrogens with one attached hydrogen (secondary N) is 2. The smallest absolute Gasteiger partial charge is 0.251 e. The molecule has 3 rings (SSSR count). The summed E-state index contributed by atoms with van der Waals surface area (Å²) >= 11 is 0. The summed E-state index contributed by atoms with van der Waals surface area (Å²) in [5.41, 5.74) is 1.73. The largest absolute Gasteiger partial charge is 0.380 e. The van der Waals surface area contributed by atoms with Crippen molar-refractivity contribution < 1.29 is 19.1 Å². The molecule has 0 bridgehead atoms. The number of nitriles is 1. The van der Waals surface area contributed by atoms with Crippen LogP contribution in [0, 0.1) is 11.3 Å². The molecule has 1 aliphatic rings. The molecule has 2 aromatic rings. The third-order valence-electron chi connectivity index (χ3n) is 5.37. The average molecular weight is 449 g/mol. The van der Waals surface area contributed by atoms with Gasteiger partial charge >= 0.3 is 0 Å². The number of hydrogen-bond donors (Lipinski definition) is 2. The molecule has 33 heavy (non-hydrogen) atoms. The number of nitrogens with zero attached hydrogens (tertiary/aromatic N) is 2. The predicted molar refractivity (Wildman–Crippen MR) is 122 cm³/mol. The van der Waals surface area contributed by atoms with Crippen LogP contribution >= 0.6 is 0 Å². The molecule has 1 saturated heterocycles. The third-order valence-corrected chi connectivity index (χ3v) is 5.37. The van der Waals surface area contributed by atoms with Crippen LogP contribution in [0.2, 0.25) is 0 Å². The topological polar surface area (TPSA) is 112 Å². The highest BCUT2D eigenvalue weighted by atomic mass is 16.5. The van der Waals surface area contributed by atoms with Crippen LogP contribution in [0.1, 0.15) is 34.3 Å². The number of carbonyl (C=O) groups excluding carboxylic acids is 3. The maximum absolute atomic E-state index is 13.5. The van der Waals surface area contributed by atoms with E-state index < -0.39 is 11.9 Å². The summed E-state index contributed by atoms with van der Waals surface area (Å²) < 4.78 is 5.49. The zero-order valence-corrected chi connectivity index (χ0v) is 18.5. The van der Waals surface area contributed by atoms with E-state index in [1.165, 1.54) is 0 Å². The minimum absolute atomic E-state index is 0.139. The molecular weight excluding hydrogens is 420 g/mol. The van der Waals surface area contributed by atoms with E-state index in [1.807, 2.05) is 36.4 Å². The van der Waals surface area contributed by atoms with Crippen LogP contribution < -0.4 is 10.6 Å². The van der Waals surface area contributed by atoms with E-state index in [2.05, 4.69) is 10.6 Å². The monoisotopic (exact) mass is 448 g/mol. The molecule has 0 aliphatic carbocycles. The lowest BCUT2D eigenvalue weighted by atomic mass is 10.0. The summed E-state index contributed by atoms with van der Waals surface area (Å²) in [7, 11) is 0. The van der Waals surface area contributed by atoms with Gasteiger partial charge in [-0.1, -0.05) is 30.3 Å². The van der Waals surface area contributed by atoms with E-state index >= 15 is 0 Å². The fourth-order valence-corrected chi connectivity index (χ4v) is 3.59. The molecule has 0 aromatic heterocycles. The summed E-state index contributed by atoms with van der Waals surface area (Å²) in [6, 6.07) is 16.9. The lowest BCUT2D eigenvalue weighted by Gasteiger charge is -2.28. The quantitative estimate of drug-likeness (QED) is 0.723. The number of hydrogen-bond acceptors (Lipinski definition) is 5. The van der Waals surface area contributed by atoms with E-state index in [9.17, 15) is 14.4 Å². The van der Waals surface area contributed by atoms with Gasteiger partial charge in [-0.3, -0.25) is 14.4 Å². The second-order valence-electron chi connectivity index (χ2n) is 7.80. The molecule has 1 atom stereocenters. The maximum Gasteiger partial charge on any atom is 0.251 e. The zero-order valence-electron chi connectivity index (χ0n) is 18.5. The Bertz CT molecular complexity index is 986. The molecule has 3 amide bonds. The van der Waals surface area contributed by atoms with Crippen LogP contribution in [0.3, 0.4) is 0 Å². The Morgan fingerprint density at radius 1 is 1.09 bits per heavy atom. The molecule has 2 aromatic carbocycles. The van der Waals surface area contributed by atoms with Crippen LogP contribution in [-0.2, 0) is 20.7 Å². The van der Waals surface area contributed by atoms with Crippen molar-refractivity contribution in [3.8, 4) is 6.07 Å². The zero-order chi connectivity index (χ0) is 23.5. The number of rotatable bonds is 5. The van der Waals surface area contributed by atoms with Crippen LogP contribution in [0.15, 0.2) is 54.6 Å². The van der Waals surface area contributed by atoms with E-state index in [-0.39, 0.29) is 24.8 Å². The van der Waals surface area contributed by atoms with Crippen molar-refractivity contribution in [2.45, 2.75) is 25.3 Å². The Hall–Kier alpha value is -3.70. The van der Waals surface area contributed by atoms with Gasteiger partial charge in [-0.15, -0.1) is 0 Å². The molecule has 8 heteroatoms. The van der Waals surface area contributed by atoms with E-state index in [0.29, 0.717) is 50.3 Å². The molecule has 172 valence electrons. The Labute approximate surface area is 193 Å². The minimum Gasteiger partial charge on any atom is -0.380 e. The Balaban J connectivity index is 1.78. The lowest BCUT2D eigenvalue weighted by molar-refractivity contribution is -0.134. The molecule has 0 spiro atoms. The summed E-state index contributed by atoms with van der Waals surface area (Å²) in [5.74, 6) is -0.778. The second-order valence-corrected chi connectivity index (χ2v) is 7.80. The lowest BCUT2D eigenvalue weighted by Crippen LogP contribution is -2.50. The predicted octanol–water partition coefficient (Wildman–Crippen LogP) is 1.65. The van der Waals surface area contributed by atoms with Crippen LogP contribution in [0.5, 0.6) is 0 Å². The van der Waals surface area contributed by atoms with Gasteiger partial charge in [-0.2, -0.15) is 5.26 Å². The van der Waals surface area contributed by atoms with Gasteiger partial charge in [0.15, 0.2) is 0 Å². The first-order valence-corrected chi connectivity index (χ1v) is 11.0. The van der Waals surface area contributed by atoms with Gasteiger partial charge < -0.3 is 20.3 Å². The highest BCUT2D eigenvalue weighted by molar-refractivity contribution is 5.97. The SMILES string of the molecule is N#Cc1ccc(C(=O)N[C@@H](Cc2ccccc2)C(=O)N2CCCOCCNC(=O)CC2)cc1.